The van der Waals surface area contributed by atoms with Gasteiger partial charge in [0.25, 0.3) is 0 Å². The van der Waals surface area contributed by atoms with E-state index in [1.807, 2.05) is 0 Å². The molecule has 0 saturated heterocycles. The van der Waals surface area contributed by atoms with Crippen molar-refractivity contribution in [1.82, 2.24) is 9.97 Å². The molecule has 114 valence electrons. The van der Waals surface area contributed by atoms with Crippen molar-refractivity contribution in [3.63, 3.8) is 0 Å². The molecule has 0 spiro atoms. The van der Waals surface area contributed by atoms with E-state index in [4.69, 9.17) is 9.97 Å². The third-order valence-corrected chi connectivity index (χ3v) is 10.2. The molecule has 0 saturated carbocycles. The number of hydrogen-bond acceptors (Lipinski definition) is 2. The van der Waals surface area contributed by atoms with Crippen LogP contribution in [0.3, 0.4) is 0 Å². The first kappa shape index (κ1) is 14.9. The van der Waals surface area contributed by atoms with E-state index in [1.165, 1.54) is 36.4 Å². The van der Waals surface area contributed by atoms with E-state index < -0.39 is 0 Å². The fourth-order valence-corrected chi connectivity index (χ4v) is 8.29. The van der Waals surface area contributed by atoms with Crippen LogP contribution in [0.4, 0.5) is 0 Å². The van der Waals surface area contributed by atoms with Gasteiger partial charge in [0, 0.05) is 0 Å². The average Bonchev–Trinajstić information content (AvgIpc) is 3.25. The second kappa shape index (κ2) is 6.14. The monoisotopic (exact) mass is 540 g/mol. The Morgan fingerprint density at radius 3 is 1.33 bits per heavy atom. The summed E-state index contributed by atoms with van der Waals surface area (Å²) in [5.74, 6) is 0. The summed E-state index contributed by atoms with van der Waals surface area (Å²) in [6.07, 6.45) is 0. The number of benzene rings is 3. The molecule has 0 unspecified atom stereocenters. The molecule has 2 nitrogen and oxygen atoms in total. The zero-order chi connectivity index (χ0) is 15.9. The van der Waals surface area contributed by atoms with Gasteiger partial charge in [-0.15, -0.1) is 0 Å². The van der Waals surface area contributed by atoms with Gasteiger partial charge in [-0.1, -0.05) is 0 Å². The first-order chi connectivity index (χ1) is 11.9. The Bertz CT molecular complexity index is 994. The number of fused-ring (bicyclic) bond motifs is 2. The molecule has 0 amide bonds. The van der Waals surface area contributed by atoms with E-state index in [0.29, 0.717) is 0 Å². The minimum atomic E-state index is -0.350. The van der Waals surface area contributed by atoms with Crippen molar-refractivity contribution in [3.05, 3.63) is 72.8 Å². The van der Waals surface area contributed by atoms with Crippen LogP contribution in [-0.4, -0.2) is 50.8 Å². The van der Waals surface area contributed by atoms with Crippen molar-refractivity contribution in [2.24, 2.45) is 0 Å². The maximum atomic E-state index is 4.83. The molecule has 4 heteroatoms. The Labute approximate surface area is 159 Å². The van der Waals surface area contributed by atoms with Crippen molar-refractivity contribution < 1.29 is 0 Å². The zero-order valence-electron chi connectivity index (χ0n) is 12.6. The number of aromatic nitrogens is 2. The van der Waals surface area contributed by atoms with Gasteiger partial charge in [0.1, 0.15) is 0 Å². The minimum absolute atomic E-state index is 0.350. The first-order valence-electron chi connectivity index (χ1n) is 7.69. The second-order valence-electron chi connectivity index (χ2n) is 5.55. The fourth-order valence-electron chi connectivity index (χ4n) is 2.75. The molecule has 0 aliphatic carbocycles. The second-order valence-corrected chi connectivity index (χ2v) is 11.4. The van der Waals surface area contributed by atoms with E-state index in [0.717, 1.165) is 0 Å². The van der Waals surface area contributed by atoms with E-state index in [-0.39, 0.29) is 40.9 Å². The quantitative estimate of drug-likeness (QED) is 0.317. The molecule has 5 rings (SSSR count). The van der Waals surface area contributed by atoms with Crippen LogP contribution in [0.1, 0.15) is 0 Å². The summed E-state index contributed by atoms with van der Waals surface area (Å²) in [6.45, 7) is 0. The number of hydrogen-bond donors (Lipinski definition) is 0. The van der Waals surface area contributed by atoms with Crippen LogP contribution < -0.4 is 0 Å². The summed E-state index contributed by atoms with van der Waals surface area (Å²) < 4.78 is 5.48. The Hall–Kier alpha value is -1.42. The normalized spacial score (nSPS) is 11.3. The molecule has 0 fully saturated rings. The molecule has 0 aliphatic heterocycles. The van der Waals surface area contributed by atoms with E-state index >= 15 is 0 Å². The molecule has 5 aromatic rings. The predicted octanol–water partition coefficient (Wildman–Crippen LogP) is 4.23. The molecule has 0 N–H and O–H groups in total. The molecule has 0 atom stereocenters. The van der Waals surface area contributed by atoms with E-state index in [1.54, 1.807) is 0 Å². The van der Waals surface area contributed by atoms with Crippen LogP contribution in [0.5, 0.6) is 0 Å². The Kier molecular flexibility index (Phi) is 3.81. The Balaban J connectivity index is 1.54. The van der Waals surface area contributed by atoms with Crippen molar-refractivity contribution >= 4 is 58.7 Å². The average molecular weight is 536 g/mol. The van der Waals surface area contributed by atoms with Gasteiger partial charge < -0.3 is 0 Å². The molecule has 0 radical (unpaired) electrons. The van der Waals surface area contributed by atoms with Crippen molar-refractivity contribution in [1.29, 1.82) is 0 Å². The number of nitrogens with zero attached hydrogens (tertiary/aromatic N) is 2. The molecule has 2 aromatic heterocycles. The van der Waals surface area contributed by atoms with Gasteiger partial charge in [0.15, 0.2) is 0 Å². The van der Waals surface area contributed by atoms with Gasteiger partial charge in [0.05, 0.1) is 0 Å². The molecular formula is C20H12N2Te2. The molecule has 0 aliphatic rings. The number of para-hydroxylation sites is 2. The third-order valence-electron chi connectivity index (χ3n) is 3.97. The summed E-state index contributed by atoms with van der Waals surface area (Å²) >= 11 is -0.700. The SMILES string of the molecule is c1ccc2[te]c(-c3ccc(-c4nc5ccccc5[te]4)cc3)nc2c1. The predicted molar refractivity (Wildman–Crippen MR) is 102 cm³/mol. The van der Waals surface area contributed by atoms with Crippen LogP contribution >= 0.6 is 0 Å². The van der Waals surface area contributed by atoms with E-state index in [9.17, 15) is 0 Å². The van der Waals surface area contributed by atoms with Crippen molar-refractivity contribution in [2.75, 3.05) is 0 Å². The van der Waals surface area contributed by atoms with Gasteiger partial charge in [-0.05, 0) is 0 Å². The topological polar surface area (TPSA) is 25.8 Å². The zero-order valence-corrected chi connectivity index (χ0v) is 17.3. The van der Waals surface area contributed by atoms with Gasteiger partial charge >= 0.3 is 160 Å². The first-order valence-corrected chi connectivity index (χ1v) is 12.3. The maximum absolute atomic E-state index is 4.83. The molecule has 24 heavy (non-hydrogen) atoms. The Morgan fingerprint density at radius 1 is 0.500 bits per heavy atom. The van der Waals surface area contributed by atoms with Gasteiger partial charge in [0.2, 0.25) is 0 Å². The van der Waals surface area contributed by atoms with E-state index in [2.05, 4.69) is 72.8 Å². The van der Waals surface area contributed by atoms with Crippen LogP contribution in [0.15, 0.2) is 72.8 Å². The summed E-state index contributed by atoms with van der Waals surface area (Å²) in [6, 6.07) is 26.0. The van der Waals surface area contributed by atoms with Crippen LogP contribution in [0.25, 0.3) is 36.4 Å². The van der Waals surface area contributed by atoms with Crippen LogP contribution in [0, 0.1) is 0 Å². The fraction of sp³-hybridized carbons (Fsp3) is 0. The van der Waals surface area contributed by atoms with Crippen LogP contribution in [0.2, 0.25) is 0 Å². The molecule has 2 heterocycles. The summed E-state index contributed by atoms with van der Waals surface area (Å²) in [5, 5.41) is 0. The summed E-state index contributed by atoms with van der Waals surface area (Å²) in [7, 11) is 0. The Morgan fingerprint density at radius 2 is 0.917 bits per heavy atom. The number of rotatable bonds is 2. The standard InChI is InChI=1S/C20H12N2Te2/c1-3-7-17-15(5-1)21-19(23-17)13-9-11-14(12-10-13)20-22-16-6-2-4-8-18(16)24-20/h1-12H. The van der Waals surface area contributed by atoms with Gasteiger partial charge in [-0.25, -0.2) is 0 Å². The molecule has 0 bridgehead atoms. The van der Waals surface area contributed by atoms with Crippen molar-refractivity contribution in [3.8, 4) is 18.5 Å². The van der Waals surface area contributed by atoms with Gasteiger partial charge in [-0.2, -0.15) is 0 Å². The molecule has 3 aromatic carbocycles. The third kappa shape index (κ3) is 2.65. The summed E-state index contributed by atoms with van der Waals surface area (Å²) in [4.78, 5) is 9.67. The molecular weight excluding hydrogens is 523 g/mol. The van der Waals surface area contributed by atoms with Crippen molar-refractivity contribution in [2.45, 2.75) is 0 Å². The summed E-state index contributed by atoms with van der Waals surface area (Å²) in [5.41, 5.74) is 4.88. The van der Waals surface area contributed by atoms with Gasteiger partial charge in [-0.3, -0.25) is 0 Å². The van der Waals surface area contributed by atoms with Crippen LogP contribution in [-0.2, 0) is 0 Å².